The van der Waals surface area contributed by atoms with Crippen molar-refractivity contribution in [1.29, 1.82) is 0 Å². The Kier molecular flexibility index (Phi) is 3.55. The van der Waals surface area contributed by atoms with Crippen LogP contribution in [0.3, 0.4) is 0 Å². The summed E-state index contributed by atoms with van der Waals surface area (Å²) in [6.45, 7) is 2.02. The lowest BCUT2D eigenvalue weighted by atomic mass is 10.2. The van der Waals surface area contributed by atoms with Crippen molar-refractivity contribution in [2.75, 3.05) is 18.4 Å². The molecule has 24 heavy (non-hydrogen) atoms. The molecular weight excluding hydrogens is 311 g/mol. The predicted molar refractivity (Wildman–Crippen MR) is 85.2 cm³/mol. The van der Waals surface area contributed by atoms with Crippen LogP contribution in [-0.2, 0) is 6.54 Å². The van der Waals surface area contributed by atoms with E-state index < -0.39 is 5.91 Å². The zero-order valence-corrected chi connectivity index (χ0v) is 13.0. The highest BCUT2D eigenvalue weighted by atomic mass is 19.1. The smallest absolute Gasteiger partial charge is 0.276 e. The van der Waals surface area contributed by atoms with Crippen LogP contribution in [0.4, 0.5) is 10.1 Å². The number of fused-ring (bicyclic) bond motifs is 1. The molecule has 0 saturated heterocycles. The van der Waals surface area contributed by atoms with Crippen LogP contribution >= 0.6 is 0 Å². The quantitative estimate of drug-likeness (QED) is 0.935. The van der Waals surface area contributed by atoms with Gasteiger partial charge in [-0.25, -0.2) is 4.39 Å². The molecule has 2 aliphatic rings. The number of hydrogen-bond donors (Lipinski definition) is 1. The van der Waals surface area contributed by atoms with Gasteiger partial charge in [0.15, 0.2) is 5.69 Å². The van der Waals surface area contributed by atoms with Gasteiger partial charge in [-0.2, -0.15) is 5.10 Å². The van der Waals surface area contributed by atoms with Gasteiger partial charge < -0.3 is 10.2 Å². The van der Waals surface area contributed by atoms with Crippen molar-refractivity contribution in [2.45, 2.75) is 19.4 Å². The van der Waals surface area contributed by atoms with Crippen molar-refractivity contribution in [3.8, 4) is 0 Å². The summed E-state index contributed by atoms with van der Waals surface area (Å²) in [7, 11) is 0. The van der Waals surface area contributed by atoms with Crippen LogP contribution in [0.15, 0.2) is 30.3 Å². The van der Waals surface area contributed by atoms with E-state index in [0.29, 0.717) is 30.4 Å². The summed E-state index contributed by atoms with van der Waals surface area (Å²) in [5, 5.41) is 6.88. The molecule has 2 aromatic rings. The molecule has 1 fully saturated rings. The van der Waals surface area contributed by atoms with Crippen LogP contribution in [0.5, 0.6) is 0 Å². The lowest BCUT2D eigenvalue weighted by molar-refractivity contribution is 0.0688. The van der Waals surface area contributed by atoms with Crippen molar-refractivity contribution in [3.63, 3.8) is 0 Å². The van der Waals surface area contributed by atoms with Crippen LogP contribution in [0, 0.1) is 11.7 Å². The van der Waals surface area contributed by atoms with E-state index >= 15 is 0 Å². The third-order valence-electron chi connectivity index (χ3n) is 4.38. The summed E-state index contributed by atoms with van der Waals surface area (Å²) in [6.07, 6.45) is 2.38. The van der Waals surface area contributed by atoms with Crippen LogP contribution < -0.4 is 5.32 Å². The molecular formula is C17H17FN4O2. The Bertz CT molecular complexity index is 795. The van der Waals surface area contributed by atoms with Crippen LogP contribution in [0.1, 0.15) is 33.8 Å². The molecule has 0 radical (unpaired) electrons. The molecule has 0 unspecified atom stereocenters. The van der Waals surface area contributed by atoms with Crippen molar-refractivity contribution in [1.82, 2.24) is 14.7 Å². The van der Waals surface area contributed by atoms with Gasteiger partial charge in [-0.15, -0.1) is 0 Å². The van der Waals surface area contributed by atoms with Gasteiger partial charge in [0.05, 0.1) is 6.54 Å². The zero-order valence-electron chi connectivity index (χ0n) is 13.0. The van der Waals surface area contributed by atoms with E-state index in [1.807, 2.05) is 4.90 Å². The van der Waals surface area contributed by atoms with Gasteiger partial charge in [-0.1, -0.05) is 0 Å². The topological polar surface area (TPSA) is 67.2 Å². The third-order valence-corrected chi connectivity index (χ3v) is 4.38. The maximum atomic E-state index is 12.9. The maximum absolute atomic E-state index is 12.9. The van der Waals surface area contributed by atoms with Gasteiger partial charge in [0, 0.05) is 24.8 Å². The fraction of sp³-hybridized carbons (Fsp3) is 0.353. The molecule has 1 saturated carbocycles. The van der Waals surface area contributed by atoms with Gasteiger partial charge in [0.1, 0.15) is 11.5 Å². The molecule has 1 N–H and O–H groups in total. The summed E-state index contributed by atoms with van der Waals surface area (Å²) >= 11 is 0. The summed E-state index contributed by atoms with van der Waals surface area (Å²) in [5.74, 6) is -0.219. The van der Waals surface area contributed by atoms with E-state index in [9.17, 15) is 14.0 Å². The first-order valence-corrected chi connectivity index (χ1v) is 8.04. The lowest BCUT2D eigenvalue weighted by Gasteiger charge is -2.27. The fourth-order valence-electron chi connectivity index (χ4n) is 2.86. The fourth-order valence-corrected chi connectivity index (χ4v) is 2.86. The summed E-state index contributed by atoms with van der Waals surface area (Å²) in [4.78, 5) is 26.6. The number of aromatic nitrogens is 2. The van der Waals surface area contributed by atoms with E-state index in [2.05, 4.69) is 10.4 Å². The second-order valence-corrected chi connectivity index (χ2v) is 6.29. The molecule has 7 heteroatoms. The van der Waals surface area contributed by atoms with E-state index in [0.717, 1.165) is 6.54 Å². The maximum Gasteiger partial charge on any atom is 0.276 e. The largest absolute Gasteiger partial charge is 0.335 e. The summed E-state index contributed by atoms with van der Waals surface area (Å²) < 4.78 is 14.5. The van der Waals surface area contributed by atoms with Gasteiger partial charge in [0.25, 0.3) is 11.8 Å². The van der Waals surface area contributed by atoms with E-state index in [4.69, 9.17) is 0 Å². The number of amides is 2. The number of halogens is 1. The molecule has 4 rings (SSSR count). The first kappa shape index (κ1) is 14.9. The Morgan fingerprint density at radius 3 is 2.71 bits per heavy atom. The SMILES string of the molecule is O=C(Nc1ccc(F)cc1)c1cc2n(n1)CCN(CC1CC1)C2=O. The average Bonchev–Trinajstić information content (AvgIpc) is 3.27. The van der Waals surface area contributed by atoms with E-state index in [-0.39, 0.29) is 17.4 Å². The van der Waals surface area contributed by atoms with Crippen molar-refractivity contribution < 1.29 is 14.0 Å². The number of nitrogens with zero attached hydrogens (tertiary/aromatic N) is 3. The highest BCUT2D eigenvalue weighted by Gasteiger charge is 2.32. The number of carbonyl (C=O) groups is 2. The molecule has 0 bridgehead atoms. The molecule has 2 heterocycles. The minimum atomic E-state index is -0.412. The molecule has 6 nitrogen and oxygen atoms in total. The summed E-state index contributed by atoms with van der Waals surface area (Å²) in [6, 6.07) is 7.03. The highest BCUT2D eigenvalue weighted by molar-refractivity contribution is 6.04. The molecule has 0 atom stereocenters. The highest BCUT2D eigenvalue weighted by Crippen LogP contribution is 2.30. The Balaban J connectivity index is 1.50. The summed E-state index contributed by atoms with van der Waals surface area (Å²) in [5.41, 5.74) is 1.12. The third kappa shape index (κ3) is 2.89. The molecule has 1 aromatic carbocycles. The molecule has 1 aliphatic carbocycles. The van der Waals surface area contributed by atoms with Crippen molar-refractivity contribution in [2.24, 2.45) is 5.92 Å². The van der Waals surface area contributed by atoms with Crippen LogP contribution in [0.25, 0.3) is 0 Å². The van der Waals surface area contributed by atoms with Crippen molar-refractivity contribution in [3.05, 3.63) is 47.5 Å². The van der Waals surface area contributed by atoms with Crippen LogP contribution in [-0.4, -0.2) is 39.6 Å². The Hall–Kier alpha value is -2.70. The monoisotopic (exact) mass is 328 g/mol. The Morgan fingerprint density at radius 2 is 2.00 bits per heavy atom. The van der Waals surface area contributed by atoms with Crippen molar-refractivity contribution >= 4 is 17.5 Å². The normalized spacial score (nSPS) is 16.9. The molecule has 124 valence electrons. The number of carbonyl (C=O) groups excluding carboxylic acids is 2. The minimum absolute atomic E-state index is 0.0681. The van der Waals surface area contributed by atoms with Gasteiger partial charge in [0.2, 0.25) is 0 Å². The lowest BCUT2D eigenvalue weighted by Crippen LogP contribution is -2.41. The number of benzene rings is 1. The van der Waals surface area contributed by atoms with E-state index in [1.165, 1.54) is 43.2 Å². The van der Waals surface area contributed by atoms with Crippen LogP contribution in [0.2, 0.25) is 0 Å². The second-order valence-electron chi connectivity index (χ2n) is 6.29. The number of rotatable bonds is 4. The molecule has 1 aromatic heterocycles. The van der Waals surface area contributed by atoms with Gasteiger partial charge in [-0.3, -0.25) is 14.3 Å². The predicted octanol–water partition coefficient (Wildman–Crippen LogP) is 2.14. The first-order chi connectivity index (χ1) is 11.6. The molecule has 1 aliphatic heterocycles. The van der Waals surface area contributed by atoms with E-state index in [1.54, 1.807) is 4.68 Å². The number of anilines is 1. The molecule has 2 amide bonds. The Labute approximate surface area is 138 Å². The first-order valence-electron chi connectivity index (χ1n) is 8.04. The van der Waals surface area contributed by atoms with Gasteiger partial charge in [-0.05, 0) is 43.0 Å². The number of nitrogens with one attached hydrogen (secondary N) is 1. The zero-order chi connectivity index (χ0) is 16.7. The number of hydrogen-bond acceptors (Lipinski definition) is 3. The van der Waals surface area contributed by atoms with Gasteiger partial charge >= 0.3 is 0 Å². The Morgan fingerprint density at radius 1 is 1.25 bits per heavy atom. The second kappa shape index (κ2) is 5.74. The minimum Gasteiger partial charge on any atom is -0.335 e. The average molecular weight is 328 g/mol. The standard InChI is InChI=1S/C17H17FN4O2/c18-12-3-5-13(6-4-12)19-16(23)14-9-15-17(24)21(10-11-1-2-11)7-8-22(15)20-14/h3-6,9,11H,1-2,7-8,10H2,(H,19,23). The molecule has 0 spiro atoms.